The van der Waals surface area contributed by atoms with Gasteiger partial charge in [-0.1, -0.05) is 12.1 Å². The number of tetrazole rings is 1. The van der Waals surface area contributed by atoms with E-state index in [2.05, 4.69) is 35.8 Å². The maximum atomic E-state index is 12.1. The zero-order valence-electron chi connectivity index (χ0n) is 12.7. The first-order valence-corrected chi connectivity index (χ1v) is 7.10. The summed E-state index contributed by atoms with van der Waals surface area (Å²) in [6, 6.07) is 10.2. The molecule has 0 aliphatic rings. The number of benzene rings is 1. The second-order valence-corrected chi connectivity index (χ2v) is 4.89. The molecule has 25 heavy (non-hydrogen) atoms. The highest BCUT2D eigenvalue weighted by atomic mass is 19.4. The first-order valence-electron chi connectivity index (χ1n) is 7.10. The van der Waals surface area contributed by atoms with Crippen LogP contribution in [-0.4, -0.2) is 43.2 Å². The Bertz CT molecular complexity index is 806. The summed E-state index contributed by atoms with van der Waals surface area (Å²) in [7, 11) is 0. The molecule has 0 unspecified atom stereocenters. The molecule has 1 aromatic carbocycles. The van der Waals surface area contributed by atoms with Gasteiger partial charge in [0.1, 0.15) is 6.33 Å². The number of para-hydroxylation sites is 2. The van der Waals surface area contributed by atoms with Gasteiger partial charge in [-0.05, 0) is 28.6 Å². The van der Waals surface area contributed by atoms with E-state index in [4.69, 9.17) is 0 Å². The van der Waals surface area contributed by atoms with Crippen LogP contribution in [0.2, 0.25) is 0 Å². The van der Waals surface area contributed by atoms with E-state index in [1.165, 1.54) is 23.1 Å². The third-order valence-corrected chi connectivity index (χ3v) is 3.04. The summed E-state index contributed by atoms with van der Waals surface area (Å²) in [6.07, 6.45) is -2.95. The van der Waals surface area contributed by atoms with Crippen LogP contribution in [0.15, 0.2) is 42.7 Å². The van der Waals surface area contributed by atoms with E-state index in [9.17, 15) is 13.2 Å². The predicted octanol–water partition coefficient (Wildman–Crippen LogP) is 2.01. The summed E-state index contributed by atoms with van der Waals surface area (Å²) in [5.74, 6) is -0.185. The van der Waals surface area contributed by atoms with E-state index in [0.717, 1.165) is 11.4 Å². The monoisotopic (exact) mass is 351 g/mol. The molecule has 3 rings (SSSR count). The average Bonchev–Trinajstić information content (AvgIpc) is 3.13. The van der Waals surface area contributed by atoms with Crippen LogP contribution in [0.5, 0.6) is 5.88 Å². The van der Waals surface area contributed by atoms with Gasteiger partial charge in [-0.2, -0.15) is 23.0 Å². The lowest BCUT2D eigenvalue weighted by Crippen LogP contribution is -2.19. The van der Waals surface area contributed by atoms with Crippen molar-refractivity contribution in [2.24, 2.45) is 0 Å². The van der Waals surface area contributed by atoms with Gasteiger partial charge in [-0.15, -0.1) is 10.2 Å². The highest BCUT2D eigenvalue weighted by Gasteiger charge is 2.28. The molecule has 0 fully saturated rings. The zero-order chi connectivity index (χ0) is 17.7. The molecular weight excluding hydrogens is 339 g/mol. The van der Waals surface area contributed by atoms with Gasteiger partial charge in [0.25, 0.3) is 0 Å². The summed E-state index contributed by atoms with van der Waals surface area (Å²) in [4.78, 5) is 0. The minimum atomic E-state index is -4.41. The smallest absolute Gasteiger partial charge is 0.422 e. The number of alkyl halides is 3. The topological polar surface area (TPSA) is 90.6 Å². The van der Waals surface area contributed by atoms with Crippen molar-refractivity contribution < 1.29 is 17.9 Å². The van der Waals surface area contributed by atoms with E-state index in [1.54, 1.807) is 0 Å². The van der Waals surface area contributed by atoms with Crippen molar-refractivity contribution in [2.75, 3.05) is 11.9 Å². The number of hydrogen-bond donors (Lipinski definition) is 1. The molecule has 1 N–H and O–H groups in total. The number of nitrogens with zero attached hydrogens (tertiary/aromatic N) is 6. The standard InChI is InChI=1S/C14H12F3N7O/c15-14(16,17)8-25-13-6-5-10(20-21-13)7-18-11-3-1-2-4-12(11)24-9-19-22-23-24/h1-6,9,18H,7-8H2. The van der Waals surface area contributed by atoms with Crippen LogP contribution >= 0.6 is 0 Å². The Kier molecular flexibility index (Phi) is 4.73. The van der Waals surface area contributed by atoms with Gasteiger partial charge < -0.3 is 10.1 Å². The SMILES string of the molecule is FC(F)(F)COc1ccc(CNc2ccccc2-n2cnnn2)nn1. The Morgan fingerprint density at radius 2 is 1.92 bits per heavy atom. The summed E-state index contributed by atoms with van der Waals surface area (Å²) >= 11 is 0. The van der Waals surface area contributed by atoms with Crippen molar-refractivity contribution in [2.45, 2.75) is 12.7 Å². The Morgan fingerprint density at radius 1 is 1.08 bits per heavy atom. The Labute approximate surface area is 139 Å². The van der Waals surface area contributed by atoms with Gasteiger partial charge in [0.15, 0.2) is 6.61 Å². The third kappa shape index (κ3) is 4.62. The molecule has 0 aliphatic heterocycles. The van der Waals surface area contributed by atoms with Crippen LogP contribution in [0.3, 0.4) is 0 Å². The highest BCUT2D eigenvalue weighted by molar-refractivity contribution is 5.60. The van der Waals surface area contributed by atoms with Crippen LogP contribution in [-0.2, 0) is 6.54 Å². The molecule has 0 saturated carbocycles. The minimum absolute atomic E-state index is 0.185. The molecular formula is C14H12F3N7O. The molecule has 11 heteroatoms. The van der Waals surface area contributed by atoms with E-state index in [-0.39, 0.29) is 5.88 Å². The number of hydrogen-bond acceptors (Lipinski definition) is 7. The van der Waals surface area contributed by atoms with Crippen LogP contribution in [0.25, 0.3) is 5.69 Å². The molecule has 0 amide bonds. The lowest BCUT2D eigenvalue weighted by atomic mass is 10.2. The van der Waals surface area contributed by atoms with Crippen molar-refractivity contribution in [3.05, 3.63) is 48.4 Å². The van der Waals surface area contributed by atoms with Crippen molar-refractivity contribution in [3.8, 4) is 11.6 Å². The highest BCUT2D eigenvalue weighted by Crippen LogP contribution is 2.19. The predicted molar refractivity (Wildman–Crippen MR) is 80.1 cm³/mol. The molecule has 2 aromatic heterocycles. The molecule has 130 valence electrons. The maximum Gasteiger partial charge on any atom is 0.422 e. The van der Waals surface area contributed by atoms with Gasteiger partial charge in [0.2, 0.25) is 5.88 Å². The number of halogens is 3. The van der Waals surface area contributed by atoms with Crippen molar-refractivity contribution in [3.63, 3.8) is 0 Å². The zero-order valence-corrected chi connectivity index (χ0v) is 12.7. The first-order chi connectivity index (χ1) is 12.0. The normalized spacial score (nSPS) is 11.3. The molecule has 0 saturated heterocycles. The van der Waals surface area contributed by atoms with Crippen molar-refractivity contribution in [1.29, 1.82) is 0 Å². The fourth-order valence-electron chi connectivity index (χ4n) is 1.96. The molecule has 0 bridgehead atoms. The lowest BCUT2D eigenvalue weighted by Gasteiger charge is -2.11. The molecule has 2 heterocycles. The van der Waals surface area contributed by atoms with E-state index < -0.39 is 12.8 Å². The van der Waals surface area contributed by atoms with E-state index in [1.807, 2.05) is 24.3 Å². The molecule has 0 radical (unpaired) electrons. The minimum Gasteiger partial charge on any atom is -0.467 e. The first kappa shape index (κ1) is 16.6. The van der Waals surface area contributed by atoms with Crippen LogP contribution in [0, 0.1) is 0 Å². The molecule has 3 aromatic rings. The second-order valence-electron chi connectivity index (χ2n) is 4.89. The number of nitrogens with one attached hydrogen (secondary N) is 1. The number of rotatable bonds is 6. The van der Waals surface area contributed by atoms with Gasteiger partial charge in [-0.3, -0.25) is 0 Å². The fraction of sp³-hybridized carbons (Fsp3) is 0.214. The van der Waals surface area contributed by atoms with Gasteiger partial charge in [0, 0.05) is 6.07 Å². The molecule has 0 spiro atoms. The summed E-state index contributed by atoms with van der Waals surface area (Å²) in [6.45, 7) is -1.09. The van der Waals surface area contributed by atoms with Gasteiger partial charge in [-0.25, -0.2) is 0 Å². The van der Waals surface area contributed by atoms with Gasteiger partial charge in [0.05, 0.1) is 23.6 Å². The third-order valence-electron chi connectivity index (χ3n) is 3.04. The van der Waals surface area contributed by atoms with Crippen molar-refractivity contribution >= 4 is 5.69 Å². The maximum absolute atomic E-state index is 12.1. The lowest BCUT2D eigenvalue weighted by molar-refractivity contribution is -0.154. The second kappa shape index (κ2) is 7.11. The summed E-state index contributed by atoms with van der Waals surface area (Å²) in [5.41, 5.74) is 2.03. The number of aromatic nitrogens is 6. The fourth-order valence-corrected chi connectivity index (χ4v) is 1.96. The van der Waals surface area contributed by atoms with Gasteiger partial charge >= 0.3 is 6.18 Å². The van der Waals surface area contributed by atoms with Crippen LogP contribution < -0.4 is 10.1 Å². The van der Waals surface area contributed by atoms with Crippen LogP contribution in [0.4, 0.5) is 18.9 Å². The van der Waals surface area contributed by atoms with E-state index >= 15 is 0 Å². The Morgan fingerprint density at radius 3 is 2.60 bits per heavy atom. The quantitative estimate of drug-likeness (QED) is 0.726. The van der Waals surface area contributed by atoms with E-state index in [0.29, 0.717) is 12.2 Å². The van der Waals surface area contributed by atoms with Crippen LogP contribution in [0.1, 0.15) is 5.69 Å². The Balaban J connectivity index is 1.63. The Hall–Kier alpha value is -3.24. The molecule has 0 aliphatic carbocycles. The molecule has 0 atom stereocenters. The number of anilines is 1. The number of ether oxygens (including phenoxy) is 1. The van der Waals surface area contributed by atoms with Crippen molar-refractivity contribution in [1.82, 2.24) is 30.4 Å². The largest absolute Gasteiger partial charge is 0.467 e. The average molecular weight is 351 g/mol. The molecule has 8 nitrogen and oxygen atoms in total. The summed E-state index contributed by atoms with van der Waals surface area (Å²) < 4.78 is 42.3. The summed E-state index contributed by atoms with van der Waals surface area (Å²) in [5, 5.41) is 21.6.